The first-order valence-corrected chi connectivity index (χ1v) is 15.7. The van der Waals surface area contributed by atoms with E-state index in [1.807, 2.05) is 58.0 Å². The van der Waals surface area contributed by atoms with Gasteiger partial charge < -0.3 is 19.7 Å². The van der Waals surface area contributed by atoms with Crippen LogP contribution in [0.5, 0.6) is 11.5 Å². The fourth-order valence-corrected chi connectivity index (χ4v) is 6.18. The Kier molecular flexibility index (Phi) is 11.0. The highest BCUT2D eigenvalue weighted by Gasteiger charge is 2.33. The quantitative estimate of drug-likeness (QED) is 0.286. The van der Waals surface area contributed by atoms with Crippen LogP contribution in [0.3, 0.4) is 0 Å². The van der Waals surface area contributed by atoms with Crippen LogP contribution in [-0.4, -0.2) is 58.0 Å². The first-order chi connectivity index (χ1) is 19.8. The minimum atomic E-state index is -4.27. The molecule has 0 aliphatic rings. The van der Waals surface area contributed by atoms with Gasteiger partial charge in [0.25, 0.3) is 10.0 Å². The molecule has 1 N–H and O–H groups in total. The Hall–Kier alpha value is -3.57. The van der Waals surface area contributed by atoms with Crippen LogP contribution in [0.4, 0.5) is 5.69 Å². The molecular weight excluding hydrogens is 622 g/mol. The van der Waals surface area contributed by atoms with Gasteiger partial charge in [0.15, 0.2) is 11.5 Å². The Balaban J connectivity index is 2.10. The van der Waals surface area contributed by atoms with Crippen LogP contribution >= 0.6 is 15.9 Å². The van der Waals surface area contributed by atoms with Gasteiger partial charge in [-0.2, -0.15) is 0 Å². The number of anilines is 1. The predicted molar refractivity (Wildman–Crippen MR) is 167 cm³/mol. The number of carbonyl (C=O) groups excluding carboxylic acids is 2. The van der Waals surface area contributed by atoms with Crippen LogP contribution < -0.4 is 19.1 Å². The van der Waals surface area contributed by atoms with Gasteiger partial charge in [0.2, 0.25) is 11.8 Å². The van der Waals surface area contributed by atoms with Crippen molar-refractivity contribution in [2.45, 2.75) is 58.1 Å². The molecule has 11 heteroatoms. The number of halogens is 1. The standard InChI is InChI=1S/C31H38BrN3O6S/c1-20(2)33-31(37)23(5)34(18-24-8-10-25(32)11-9-24)30(36)19-35(26-15-21(3)14-22(4)16-26)42(38,39)27-12-13-28(40-6)29(17-27)41-7/h8-17,20,23H,18-19H2,1-7H3,(H,33,37). The monoisotopic (exact) mass is 659 g/mol. The molecule has 226 valence electrons. The molecule has 0 bridgehead atoms. The van der Waals surface area contributed by atoms with Gasteiger partial charge in [-0.3, -0.25) is 13.9 Å². The largest absolute Gasteiger partial charge is 0.493 e. The molecule has 1 unspecified atom stereocenters. The summed E-state index contributed by atoms with van der Waals surface area (Å²) in [5.74, 6) is -0.263. The number of rotatable bonds is 12. The number of benzene rings is 3. The van der Waals surface area contributed by atoms with E-state index in [4.69, 9.17) is 9.47 Å². The maximum Gasteiger partial charge on any atom is 0.264 e. The molecule has 0 heterocycles. The summed E-state index contributed by atoms with van der Waals surface area (Å²) in [6.45, 7) is 8.60. The summed E-state index contributed by atoms with van der Waals surface area (Å²) in [6.07, 6.45) is 0. The molecule has 2 amide bonds. The average molecular weight is 661 g/mol. The Morgan fingerprint density at radius 3 is 2.02 bits per heavy atom. The molecule has 0 aliphatic carbocycles. The van der Waals surface area contributed by atoms with Crippen LogP contribution in [0.2, 0.25) is 0 Å². The molecule has 0 saturated heterocycles. The normalized spacial score (nSPS) is 12.0. The zero-order valence-electron chi connectivity index (χ0n) is 25.0. The fourth-order valence-electron chi connectivity index (χ4n) is 4.50. The van der Waals surface area contributed by atoms with Gasteiger partial charge in [0, 0.05) is 23.1 Å². The maximum absolute atomic E-state index is 14.2. The second-order valence-corrected chi connectivity index (χ2v) is 13.1. The molecule has 0 aliphatic heterocycles. The molecule has 0 spiro atoms. The van der Waals surface area contributed by atoms with E-state index in [0.29, 0.717) is 11.4 Å². The third-order valence-corrected chi connectivity index (χ3v) is 8.88. The molecule has 9 nitrogen and oxygen atoms in total. The Morgan fingerprint density at radius 2 is 1.48 bits per heavy atom. The van der Waals surface area contributed by atoms with E-state index in [9.17, 15) is 18.0 Å². The van der Waals surface area contributed by atoms with E-state index in [1.165, 1.54) is 37.3 Å². The summed E-state index contributed by atoms with van der Waals surface area (Å²) in [7, 11) is -1.39. The number of methoxy groups -OCH3 is 2. The lowest BCUT2D eigenvalue weighted by Gasteiger charge is -2.32. The van der Waals surface area contributed by atoms with Gasteiger partial charge in [0.1, 0.15) is 12.6 Å². The molecule has 0 fully saturated rings. The van der Waals surface area contributed by atoms with Gasteiger partial charge in [-0.05, 0) is 87.7 Å². The van der Waals surface area contributed by atoms with Gasteiger partial charge in [-0.25, -0.2) is 8.42 Å². The van der Waals surface area contributed by atoms with Crippen molar-refractivity contribution < 1.29 is 27.5 Å². The van der Waals surface area contributed by atoms with Crippen LogP contribution in [0.25, 0.3) is 0 Å². The van der Waals surface area contributed by atoms with E-state index >= 15 is 0 Å². The van der Waals surface area contributed by atoms with Crippen LogP contribution in [-0.2, 0) is 26.2 Å². The number of amides is 2. The SMILES string of the molecule is COc1ccc(S(=O)(=O)N(CC(=O)N(Cc2ccc(Br)cc2)C(C)C(=O)NC(C)C)c2cc(C)cc(C)c2)cc1OC. The highest BCUT2D eigenvalue weighted by Crippen LogP contribution is 2.33. The highest BCUT2D eigenvalue weighted by atomic mass is 79.9. The number of carbonyl (C=O) groups is 2. The topological polar surface area (TPSA) is 105 Å². The average Bonchev–Trinajstić information content (AvgIpc) is 2.93. The summed E-state index contributed by atoms with van der Waals surface area (Å²) in [6, 6.07) is 16.0. The Labute approximate surface area is 257 Å². The van der Waals surface area contributed by atoms with Crippen molar-refractivity contribution in [1.29, 1.82) is 0 Å². The number of sulfonamides is 1. The Bertz CT molecular complexity index is 1510. The number of nitrogens with one attached hydrogen (secondary N) is 1. The van der Waals surface area contributed by atoms with E-state index in [-0.39, 0.29) is 29.1 Å². The lowest BCUT2D eigenvalue weighted by Crippen LogP contribution is -2.52. The molecular formula is C31H38BrN3O6S. The smallest absolute Gasteiger partial charge is 0.264 e. The molecule has 1 atom stereocenters. The first kappa shape index (κ1) is 32.9. The molecule has 0 aromatic heterocycles. The van der Waals surface area contributed by atoms with E-state index in [2.05, 4.69) is 21.2 Å². The maximum atomic E-state index is 14.2. The number of aryl methyl sites for hydroxylation is 2. The summed E-state index contributed by atoms with van der Waals surface area (Å²) in [5.41, 5.74) is 2.79. The van der Waals surface area contributed by atoms with E-state index < -0.39 is 28.5 Å². The number of hydrogen-bond acceptors (Lipinski definition) is 6. The second-order valence-electron chi connectivity index (χ2n) is 10.4. The first-order valence-electron chi connectivity index (χ1n) is 13.4. The predicted octanol–water partition coefficient (Wildman–Crippen LogP) is 5.22. The van der Waals surface area contributed by atoms with Crippen LogP contribution in [0, 0.1) is 13.8 Å². The molecule has 3 rings (SSSR count). The van der Waals surface area contributed by atoms with Crippen molar-refractivity contribution in [2.24, 2.45) is 0 Å². The van der Waals surface area contributed by atoms with Crippen LogP contribution in [0.15, 0.2) is 70.0 Å². The lowest BCUT2D eigenvalue weighted by atomic mass is 10.1. The fraction of sp³-hybridized carbons (Fsp3) is 0.355. The summed E-state index contributed by atoms with van der Waals surface area (Å²) < 4.78 is 41.0. The highest BCUT2D eigenvalue weighted by molar-refractivity contribution is 9.10. The van der Waals surface area contributed by atoms with E-state index in [0.717, 1.165) is 25.5 Å². The molecule has 3 aromatic rings. The summed E-state index contributed by atoms with van der Waals surface area (Å²) in [4.78, 5) is 28.5. The number of ether oxygens (including phenoxy) is 2. The number of hydrogen-bond donors (Lipinski definition) is 1. The van der Waals surface area contributed by atoms with Gasteiger partial charge >= 0.3 is 0 Å². The molecule has 3 aromatic carbocycles. The minimum Gasteiger partial charge on any atom is -0.493 e. The van der Waals surface area contributed by atoms with Crippen molar-refractivity contribution in [3.63, 3.8) is 0 Å². The lowest BCUT2D eigenvalue weighted by molar-refractivity contribution is -0.139. The minimum absolute atomic E-state index is 0.0721. The number of nitrogens with zero attached hydrogens (tertiary/aromatic N) is 2. The summed E-state index contributed by atoms with van der Waals surface area (Å²) >= 11 is 3.42. The zero-order chi connectivity index (χ0) is 31.2. The van der Waals surface area contributed by atoms with Gasteiger partial charge in [-0.1, -0.05) is 34.1 Å². The van der Waals surface area contributed by atoms with Gasteiger partial charge in [0.05, 0.1) is 24.8 Å². The third-order valence-electron chi connectivity index (χ3n) is 6.58. The van der Waals surface area contributed by atoms with Crippen molar-refractivity contribution >= 4 is 43.5 Å². The van der Waals surface area contributed by atoms with Crippen LogP contribution in [0.1, 0.15) is 37.5 Å². The van der Waals surface area contributed by atoms with Crippen molar-refractivity contribution in [2.75, 3.05) is 25.1 Å². The molecule has 0 radical (unpaired) electrons. The Morgan fingerprint density at radius 1 is 0.881 bits per heavy atom. The summed E-state index contributed by atoms with van der Waals surface area (Å²) in [5, 5.41) is 2.85. The van der Waals surface area contributed by atoms with Gasteiger partial charge in [-0.15, -0.1) is 0 Å². The molecule has 0 saturated carbocycles. The van der Waals surface area contributed by atoms with E-state index in [1.54, 1.807) is 19.1 Å². The second kappa shape index (κ2) is 14.1. The molecule has 42 heavy (non-hydrogen) atoms. The van der Waals surface area contributed by atoms with Crippen molar-refractivity contribution in [1.82, 2.24) is 10.2 Å². The zero-order valence-corrected chi connectivity index (χ0v) is 27.4. The van der Waals surface area contributed by atoms with Crippen molar-refractivity contribution in [3.05, 3.63) is 81.8 Å². The van der Waals surface area contributed by atoms with Crippen molar-refractivity contribution in [3.8, 4) is 11.5 Å². The third kappa shape index (κ3) is 8.04.